The van der Waals surface area contributed by atoms with Gasteiger partial charge in [0.2, 0.25) is 0 Å². The number of rotatable bonds is 3. The van der Waals surface area contributed by atoms with Crippen LogP contribution >= 0.6 is 24.8 Å². The van der Waals surface area contributed by atoms with Crippen LogP contribution in [0.1, 0.15) is 37.2 Å². The van der Waals surface area contributed by atoms with Gasteiger partial charge in [-0.1, -0.05) is 0 Å². The van der Waals surface area contributed by atoms with Crippen LogP contribution in [0.25, 0.3) is 22.5 Å². The maximum absolute atomic E-state index is 13.3. The second kappa shape index (κ2) is 8.94. The lowest BCUT2D eigenvalue weighted by Crippen LogP contribution is -2.51. The van der Waals surface area contributed by atoms with E-state index in [-0.39, 0.29) is 42.8 Å². The van der Waals surface area contributed by atoms with E-state index >= 15 is 0 Å². The average molecular weight is 426 g/mol. The van der Waals surface area contributed by atoms with Crippen molar-refractivity contribution in [3.8, 4) is 11.5 Å². The van der Waals surface area contributed by atoms with Crippen LogP contribution in [0.3, 0.4) is 0 Å². The number of halogens is 2. The number of carbonyl (C=O) groups excluding carboxylic acids is 1. The van der Waals surface area contributed by atoms with Crippen LogP contribution in [-0.4, -0.2) is 51.2 Å². The van der Waals surface area contributed by atoms with Crippen molar-refractivity contribution in [1.82, 2.24) is 25.0 Å². The van der Waals surface area contributed by atoms with Gasteiger partial charge in [-0.05, 0) is 39.0 Å². The molecule has 0 bridgehead atoms. The molecular formula is C19H25Cl2N5O2. The highest BCUT2D eigenvalue weighted by Gasteiger charge is 2.26. The largest absolute Gasteiger partial charge is 0.463 e. The standard InChI is InChI=1S/C19H23N5O2.2ClH/c1-12(2)24-18-15(10-21-24)14(9-16(22-18)17-5-4-8-26-17)19(25)23-7-6-20-13(3)11-23;;/h4-5,8-10,12-13,20H,6-7,11H2,1-3H3;2*1H. The first-order chi connectivity index (χ1) is 12.5. The summed E-state index contributed by atoms with van der Waals surface area (Å²) in [6.45, 7) is 8.38. The molecule has 9 heteroatoms. The van der Waals surface area contributed by atoms with Gasteiger partial charge in [0.15, 0.2) is 11.4 Å². The number of fused-ring (bicyclic) bond motifs is 1. The van der Waals surface area contributed by atoms with Crippen LogP contribution < -0.4 is 5.32 Å². The minimum atomic E-state index is 0. The van der Waals surface area contributed by atoms with Gasteiger partial charge in [-0.3, -0.25) is 4.79 Å². The second-order valence-corrected chi connectivity index (χ2v) is 7.06. The van der Waals surface area contributed by atoms with Crippen LogP contribution in [0, 0.1) is 0 Å². The molecule has 1 atom stereocenters. The monoisotopic (exact) mass is 425 g/mol. The number of pyridine rings is 1. The number of carbonyl (C=O) groups is 1. The number of furan rings is 1. The summed E-state index contributed by atoms with van der Waals surface area (Å²) < 4.78 is 7.36. The molecule has 4 rings (SSSR count). The third-order valence-corrected chi connectivity index (χ3v) is 4.72. The Morgan fingerprint density at radius 3 is 2.79 bits per heavy atom. The molecule has 0 radical (unpaired) electrons. The predicted molar refractivity (Wildman–Crippen MR) is 113 cm³/mol. The van der Waals surface area contributed by atoms with E-state index in [0.717, 1.165) is 11.9 Å². The lowest BCUT2D eigenvalue weighted by atomic mass is 10.1. The van der Waals surface area contributed by atoms with Gasteiger partial charge in [0.1, 0.15) is 5.69 Å². The van der Waals surface area contributed by atoms with Gasteiger partial charge >= 0.3 is 0 Å². The predicted octanol–water partition coefficient (Wildman–Crippen LogP) is 3.55. The van der Waals surface area contributed by atoms with Gasteiger partial charge in [-0.2, -0.15) is 5.10 Å². The number of nitrogens with zero attached hydrogens (tertiary/aromatic N) is 4. The van der Waals surface area contributed by atoms with Crippen LogP contribution in [-0.2, 0) is 0 Å². The molecule has 0 spiro atoms. The normalized spacial score (nSPS) is 16.7. The summed E-state index contributed by atoms with van der Waals surface area (Å²) in [6.07, 6.45) is 3.35. The number of hydrogen-bond donors (Lipinski definition) is 1. The Labute approximate surface area is 176 Å². The van der Waals surface area contributed by atoms with E-state index in [1.165, 1.54) is 0 Å². The van der Waals surface area contributed by atoms with E-state index in [1.807, 2.05) is 41.6 Å². The molecule has 1 unspecified atom stereocenters. The first kappa shape index (κ1) is 22.2. The second-order valence-electron chi connectivity index (χ2n) is 7.06. The zero-order chi connectivity index (χ0) is 18.3. The molecule has 1 aliphatic heterocycles. The average Bonchev–Trinajstić information content (AvgIpc) is 3.29. The summed E-state index contributed by atoms with van der Waals surface area (Å²) in [5, 5.41) is 8.61. The number of nitrogens with one attached hydrogen (secondary N) is 1. The van der Waals surface area contributed by atoms with Crippen molar-refractivity contribution in [1.29, 1.82) is 0 Å². The highest BCUT2D eigenvalue weighted by Crippen LogP contribution is 2.27. The number of amides is 1. The number of hydrogen-bond acceptors (Lipinski definition) is 5. The fraction of sp³-hybridized carbons (Fsp3) is 0.421. The Kier molecular flexibility index (Phi) is 7.09. The SMILES string of the molecule is CC1CN(C(=O)c2cc(-c3ccco3)nc3c2cnn3C(C)C)CCN1.Cl.Cl. The molecule has 1 N–H and O–H groups in total. The molecule has 1 saturated heterocycles. The molecule has 0 aromatic carbocycles. The molecule has 1 amide bonds. The van der Waals surface area contributed by atoms with Gasteiger partial charge < -0.3 is 14.6 Å². The van der Waals surface area contributed by atoms with Crippen LogP contribution in [0.2, 0.25) is 0 Å². The Hall–Kier alpha value is -2.09. The third kappa shape index (κ3) is 4.01. The van der Waals surface area contributed by atoms with E-state index < -0.39 is 0 Å². The molecule has 0 saturated carbocycles. The molecule has 28 heavy (non-hydrogen) atoms. The van der Waals surface area contributed by atoms with Crippen molar-refractivity contribution < 1.29 is 9.21 Å². The van der Waals surface area contributed by atoms with Crippen LogP contribution in [0.5, 0.6) is 0 Å². The Morgan fingerprint density at radius 1 is 1.36 bits per heavy atom. The highest BCUT2D eigenvalue weighted by atomic mass is 35.5. The maximum atomic E-state index is 13.3. The van der Waals surface area contributed by atoms with Gasteiger partial charge in [0.25, 0.3) is 5.91 Å². The lowest BCUT2D eigenvalue weighted by Gasteiger charge is -2.32. The Bertz CT molecular complexity index is 939. The van der Waals surface area contributed by atoms with Crippen LogP contribution in [0.15, 0.2) is 35.1 Å². The lowest BCUT2D eigenvalue weighted by molar-refractivity contribution is 0.0711. The summed E-state index contributed by atoms with van der Waals surface area (Å²) in [5.74, 6) is 0.660. The Morgan fingerprint density at radius 2 is 2.14 bits per heavy atom. The van der Waals surface area contributed by atoms with Crippen molar-refractivity contribution >= 4 is 41.8 Å². The van der Waals surface area contributed by atoms with Gasteiger partial charge in [0, 0.05) is 31.7 Å². The zero-order valence-electron chi connectivity index (χ0n) is 16.1. The molecule has 4 heterocycles. The fourth-order valence-corrected chi connectivity index (χ4v) is 3.41. The minimum absolute atomic E-state index is 0. The minimum Gasteiger partial charge on any atom is -0.463 e. The van der Waals surface area contributed by atoms with Crippen molar-refractivity contribution in [2.75, 3.05) is 19.6 Å². The van der Waals surface area contributed by atoms with E-state index in [2.05, 4.69) is 17.3 Å². The smallest absolute Gasteiger partial charge is 0.254 e. The summed E-state index contributed by atoms with van der Waals surface area (Å²) in [5.41, 5.74) is 1.99. The van der Waals surface area contributed by atoms with Crippen molar-refractivity contribution in [2.45, 2.75) is 32.9 Å². The molecule has 3 aromatic heterocycles. The summed E-state index contributed by atoms with van der Waals surface area (Å²) >= 11 is 0. The molecule has 1 fully saturated rings. The quantitative estimate of drug-likeness (QED) is 0.693. The fourth-order valence-electron chi connectivity index (χ4n) is 3.41. The van der Waals surface area contributed by atoms with E-state index in [0.29, 0.717) is 35.8 Å². The first-order valence-corrected chi connectivity index (χ1v) is 8.99. The van der Waals surface area contributed by atoms with Gasteiger partial charge in [0.05, 0.1) is 23.4 Å². The highest BCUT2D eigenvalue weighted by molar-refractivity contribution is 6.06. The molecule has 1 aliphatic rings. The maximum Gasteiger partial charge on any atom is 0.254 e. The van der Waals surface area contributed by atoms with Gasteiger partial charge in [-0.25, -0.2) is 9.67 Å². The van der Waals surface area contributed by atoms with Gasteiger partial charge in [-0.15, -0.1) is 24.8 Å². The van der Waals surface area contributed by atoms with Crippen molar-refractivity contribution in [2.24, 2.45) is 0 Å². The van der Waals surface area contributed by atoms with E-state index in [4.69, 9.17) is 9.40 Å². The Balaban J connectivity index is 0.00000140. The zero-order valence-corrected chi connectivity index (χ0v) is 17.7. The van der Waals surface area contributed by atoms with Crippen molar-refractivity contribution in [3.63, 3.8) is 0 Å². The summed E-state index contributed by atoms with van der Waals surface area (Å²) in [6, 6.07) is 5.93. The number of aromatic nitrogens is 3. The number of piperazine rings is 1. The third-order valence-electron chi connectivity index (χ3n) is 4.72. The molecule has 0 aliphatic carbocycles. The molecular weight excluding hydrogens is 401 g/mol. The van der Waals surface area contributed by atoms with E-state index in [1.54, 1.807) is 12.5 Å². The topological polar surface area (TPSA) is 76.2 Å². The van der Waals surface area contributed by atoms with E-state index in [9.17, 15) is 4.79 Å². The summed E-state index contributed by atoms with van der Waals surface area (Å²) in [7, 11) is 0. The van der Waals surface area contributed by atoms with Crippen LogP contribution in [0.4, 0.5) is 0 Å². The molecule has 7 nitrogen and oxygen atoms in total. The molecule has 3 aromatic rings. The molecule has 152 valence electrons. The van der Waals surface area contributed by atoms with Crippen molar-refractivity contribution in [3.05, 3.63) is 36.2 Å². The first-order valence-electron chi connectivity index (χ1n) is 8.99. The summed E-state index contributed by atoms with van der Waals surface area (Å²) in [4.78, 5) is 19.9.